The molecule has 3 unspecified atom stereocenters. The summed E-state index contributed by atoms with van der Waals surface area (Å²) in [5.41, 5.74) is 5.77. The van der Waals surface area contributed by atoms with Crippen molar-refractivity contribution in [3.05, 3.63) is 0 Å². The van der Waals surface area contributed by atoms with Gasteiger partial charge in [-0.05, 0) is 32.1 Å². The summed E-state index contributed by atoms with van der Waals surface area (Å²) in [5, 5.41) is 0. The van der Waals surface area contributed by atoms with Crippen LogP contribution in [0.4, 0.5) is 0 Å². The van der Waals surface area contributed by atoms with E-state index in [1.54, 1.807) is 0 Å². The normalized spacial score (nSPS) is 38.3. The highest BCUT2D eigenvalue weighted by molar-refractivity contribution is 5.86. The molecule has 0 bridgehead atoms. The summed E-state index contributed by atoms with van der Waals surface area (Å²) < 4.78 is 5.59. The topological polar surface area (TPSA) is 55.6 Å². The Kier molecular flexibility index (Phi) is 4.28. The zero-order valence-electron chi connectivity index (χ0n) is 11.7. The number of hydrogen-bond donors (Lipinski definition) is 1. The van der Waals surface area contributed by atoms with Gasteiger partial charge in [-0.3, -0.25) is 4.79 Å². The van der Waals surface area contributed by atoms with Crippen LogP contribution in [0.25, 0.3) is 0 Å². The van der Waals surface area contributed by atoms with E-state index < -0.39 is 5.54 Å². The van der Waals surface area contributed by atoms with E-state index in [0.717, 1.165) is 38.8 Å². The van der Waals surface area contributed by atoms with Crippen LogP contribution in [0.5, 0.6) is 0 Å². The Bertz CT molecular complexity index is 308. The largest absolute Gasteiger partial charge is 0.377 e. The number of ether oxygens (including phenoxy) is 1. The number of carbonyl (C=O) groups excluding carboxylic acids is 1. The lowest BCUT2D eigenvalue weighted by atomic mass is 9.76. The van der Waals surface area contributed by atoms with E-state index in [0.29, 0.717) is 12.5 Å². The van der Waals surface area contributed by atoms with Crippen LogP contribution in [0.1, 0.15) is 46.0 Å². The third-order valence-electron chi connectivity index (χ3n) is 4.20. The van der Waals surface area contributed by atoms with E-state index in [-0.39, 0.29) is 12.0 Å². The molecule has 4 nitrogen and oxygen atoms in total. The second-order valence-corrected chi connectivity index (χ2v) is 6.14. The summed E-state index contributed by atoms with van der Waals surface area (Å²) >= 11 is 0. The number of hydrogen-bond acceptors (Lipinski definition) is 3. The lowest BCUT2D eigenvalue weighted by molar-refractivity contribution is -0.139. The molecule has 2 N–H and O–H groups in total. The Morgan fingerprint density at radius 3 is 2.89 bits per heavy atom. The van der Waals surface area contributed by atoms with Crippen molar-refractivity contribution in [3.8, 4) is 0 Å². The van der Waals surface area contributed by atoms with Gasteiger partial charge >= 0.3 is 0 Å². The fourth-order valence-corrected chi connectivity index (χ4v) is 3.28. The Hall–Kier alpha value is -0.610. The first-order chi connectivity index (χ1) is 8.51. The van der Waals surface area contributed by atoms with E-state index in [4.69, 9.17) is 10.5 Å². The molecule has 0 aromatic rings. The Morgan fingerprint density at radius 2 is 2.17 bits per heavy atom. The van der Waals surface area contributed by atoms with Crippen molar-refractivity contribution in [1.82, 2.24) is 4.90 Å². The van der Waals surface area contributed by atoms with E-state index in [1.807, 2.05) is 11.8 Å². The Morgan fingerprint density at radius 1 is 1.39 bits per heavy atom. The smallest absolute Gasteiger partial charge is 0.242 e. The first-order valence-electron chi connectivity index (χ1n) is 7.21. The van der Waals surface area contributed by atoms with Crippen LogP contribution >= 0.6 is 0 Å². The predicted molar refractivity (Wildman–Crippen MR) is 71.2 cm³/mol. The Balaban J connectivity index is 2.04. The maximum Gasteiger partial charge on any atom is 0.242 e. The molecule has 1 heterocycles. The molecule has 1 saturated carbocycles. The molecule has 0 radical (unpaired) electrons. The van der Waals surface area contributed by atoms with Gasteiger partial charge in [0, 0.05) is 19.7 Å². The molecular formula is C14H26N2O2. The van der Waals surface area contributed by atoms with Gasteiger partial charge in [0.15, 0.2) is 0 Å². The minimum atomic E-state index is -0.623. The van der Waals surface area contributed by atoms with Crippen LogP contribution in [0, 0.1) is 5.92 Å². The molecule has 0 aromatic carbocycles. The number of amides is 1. The molecule has 1 amide bonds. The van der Waals surface area contributed by atoms with Crippen LogP contribution < -0.4 is 5.73 Å². The highest BCUT2D eigenvalue weighted by Gasteiger charge is 2.41. The maximum absolute atomic E-state index is 12.7. The zero-order chi connectivity index (χ0) is 13.2. The van der Waals surface area contributed by atoms with Crippen LogP contribution in [-0.4, -0.2) is 42.1 Å². The lowest BCUT2D eigenvalue weighted by Crippen LogP contribution is -2.58. The molecule has 18 heavy (non-hydrogen) atoms. The minimum absolute atomic E-state index is 0.126. The quantitative estimate of drug-likeness (QED) is 0.772. The summed E-state index contributed by atoms with van der Waals surface area (Å²) in [7, 11) is 0. The number of rotatable bonds is 1. The molecule has 2 aliphatic rings. The fourth-order valence-electron chi connectivity index (χ4n) is 3.28. The van der Waals surface area contributed by atoms with Gasteiger partial charge in [0.1, 0.15) is 0 Å². The first-order valence-corrected chi connectivity index (χ1v) is 7.21. The van der Waals surface area contributed by atoms with Crippen LogP contribution in [0.15, 0.2) is 0 Å². The molecule has 3 atom stereocenters. The summed E-state index contributed by atoms with van der Waals surface area (Å²) in [4.78, 5) is 14.6. The third kappa shape index (κ3) is 3.04. The number of nitrogens with two attached hydrogens (primary N) is 1. The summed E-state index contributed by atoms with van der Waals surface area (Å²) in [6, 6.07) is 0. The van der Waals surface area contributed by atoms with Crippen molar-refractivity contribution in [1.29, 1.82) is 0 Å². The third-order valence-corrected chi connectivity index (χ3v) is 4.20. The molecule has 2 rings (SSSR count). The van der Waals surface area contributed by atoms with E-state index in [1.165, 1.54) is 6.42 Å². The zero-order valence-corrected chi connectivity index (χ0v) is 11.7. The molecule has 4 heteroatoms. The summed E-state index contributed by atoms with van der Waals surface area (Å²) in [5.74, 6) is 0.708. The van der Waals surface area contributed by atoms with Gasteiger partial charge in [0.2, 0.25) is 5.91 Å². The fraction of sp³-hybridized carbons (Fsp3) is 0.929. The highest BCUT2D eigenvalue weighted by Crippen LogP contribution is 2.32. The molecule has 0 spiro atoms. The number of nitrogens with zero attached hydrogens (tertiary/aromatic N) is 1. The van der Waals surface area contributed by atoms with Gasteiger partial charge < -0.3 is 15.4 Å². The van der Waals surface area contributed by atoms with Crippen LogP contribution in [0.3, 0.4) is 0 Å². The summed E-state index contributed by atoms with van der Waals surface area (Å²) in [6.45, 7) is 6.45. The molecule has 104 valence electrons. The second kappa shape index (κ2) is 5.57. The van der Waals surface area contributed by atoms with Gasteiger partial charge in [0.25, 0.3) is 0 Å². The second-order valence-electron chi connectivity index (χ2n) is 6.14. The molecule has 1 saturated heterocycles. The SMILES string of the molecule is CC1CCCC(N)(C(=O)N2CCCOC(C)C2)C1. The maximum atomic E-state index is 12.7. The molecular weight excluding hydrogens is 228 g/mol. The summed E-state index contributed by atoms with van der Waals surface area (Å²) in [6.07, 6.45) is 4.98. The van der Waals surface area contributed by atoms with E-state index >= 15 is 0 Å². The molecule has 0 aromatic heterocycles. The monoisotopic (exact) mass is 254 g/mol. The van der Waals surface area contributed by atoms with Gasteiger partial charge in [-0.15, -0.1) is 0 Å². The van der Waals surface area contributed by atoms with Crippen LogP contribution in [0.2, 0.25) is 0 Å². The molecule has 2 fully saturated rings. The van der Waals surface area contributed by atoms with Crippen molar-refractivity contribution in [2.75, 3.05) is 19.7 Å². The minimum Gasteiger partial charge on any atom is -0.377 e. The van der Waals surface area contributed by atoms with Crippen molar-refractivity contribution in [2.45, 2.75) is 57.6 Å². The number of carbonyl (C=O) groups is 1. The predicted octanol–water partition coefficient (Wildman–Crippen LogP) is 1.53. The average molecular weight is 254 g/mol. The van der Waals surface area contributed by atoms with Crippen molar-refractivity contribution < 1.29 is 9.53 Å². The molecule has 1 aliphatic carbocycles. The lowest BCUT2D eigenvalue weighted by Gasteiger charge is -2.39. The van der Waals surface area contributed by atoms with Gasteiger partial charge in [-0.25, -0.2) is 0 Å². The molecule has 1 aliphatic heterocycles. The van der Waals surface area contributed by atoms with Gasteiger partial charge in [-0.1, -0.05) is 19.8 Å². The van der Waals surface area contributed by atoms with Gasteiger partial charge in [0.05, 0.1) is 11.6 Å². The van der Waals surface area contributed by atoms with Crippen molar-refractivity contribution >= 4 is 5.91 Å². The first kappa shape index (κ1) is 13.8. The van der Waals surface area contributed by atoms with E-state index in [9.17, 15) is 4.79 Å². The van der Waals surface area contributed by atoms with Crippen molar-refractivity contribution in [3.63, 3.8) is 0 Å². The average Bonchev–Trinajstić information content (AvgIpc) is 2.52. The van der Waals surface area contributed by atoms with E-state index in [2.05, 4.69) is 6.92 Å². The Labute approximate surface area is 110 Å². The standard InChI is InChI=1S/C14H26N2O2/c1-11-5-3-6-14(15,9-11)13(17)16-7-4-8-18-12(2)10-16/h11-12H,3-10,15H2,1-2H3. The van der Waals surface area contributed by atoms with Crippen molar-refractivity contribution in [2.24, 2.45) is 11.7 Å². The van der Waals surface area contributed by atoms with Gasteiger partial charge in [-0.2, -0.15) is 0 Å². The van der Waals surface area contributed by atoms with Crippen LogP contribution in [-0.2, 0) is 9.53 Å². The highest BCUT2D eigenvalue weighted by atomic mass is 16.5.